The molecule has 12 rings (SSSR count). The first kappa shape index (κ1) is 57.6. The molecule has 13 heteroatoms. The molecule has 1 amide bonds. The third-order valence-electron chi connectivity index (χ3n) is 16.8. The summed E-state index contributed by atoms with van der Waals surface area (Å²) in [6.45, 7) is 34.7. The number of fused-ring (bicyclic) bond motifs is 15. The van der Waals surface area contributed by atoms with Gasteiger partial charge in [0.2, 0.25) is 5.91 Å². The van der Waals surface area contributed by atoms with Crippen LogP contribution in [0.25, 0.3) is 67.5 Å². The monoisotopic (exact) mass is 1130 g/mol. The summed E-state index contributed by atoms with van der Waals surface area (Å²) < 4.78 is 20.9. The number of nitrogens with zero attached hydrogens (tertiary/aromatic N) is 10. The number of carbonyl (C=O) groups excluding carboxylic acids is 1. The molecule has 85 heavy (non-hydrogen) atoms. The Hall–Kier alpha value is -7.87. The molecule has 0 saturated carbocycles. The third-order valence-corrected chi connectivity index (χ3v) is 16.8. The van der Waals surface area contributed by atoms with Crippen molar-refractivity contribution in [2.24, 2.45) is 5.41 Å². The Bertz CT molecular complexity index is 4050. The number of anilines is 1. The summed E-state index contributed by atoms with van der Waals surface area (Å²) in [6.07, 6.45) is 2.04. The molecule has 0 spiro atoms. The largest absolute Gasteiger partial charge is 0.368 e. The number of amides is 1. The summed E-state index contributed by atoms with van der Waals surface area (Å²) in [5.41, 5.74) is 17.2. The second-order valence-electron chi connectivity index (χ2n) is 29.1. The number of aromatic nitrogens is 9. The summed E-state index contributed by atoms with van der Waals surface area (Å²) >= 11 is 0. The standard InChI is InChI=1S/C72H82N10O3/c1-67(2,3)66(83)79-43-48-35-33-44(37-55(48)62-65(54-31-23-24-32-57(54)79)81(77-75-62)69(7,8)9)41-71(13,14)82-63-50-28-20-18-26-47(50)40-59(84-70(10,11)12)56-38-45(34-36-52(56)61(63)74-78-82)42-72(15,16)85-58-39-46-25-17-19-27-49(46)60-64(53-30-22-21-29-51(53)58)80(76-73-60)68(4,5)6/h17-38,58-59H,39-43H2,1-16H3. The molecular weight excluding hydrogens is 1050 g/mol. The lowest BCUT2D eigenvalue weighted by molar-refractivity contribution is -0.125. The van der Waals surface area contributed by atoms with Gasteiger partial charge in [-0.2, -0.15) is 0 Å². The van der Waals surface area contributed by atoms with Gasteiger partial charge in [-0.1, -0.05) is 158 Å². The van der Waals surface area contributed by atoms with Gasteiger partial charge in [0.05, 0.1) is 69.3 Å². The van der Waals surface area contributed by atoms with Crippen molar-refractivity contribution in [3.05, 3.63) is 172 Å². The fourth-order valence-corrected chi connectivity index (χ4v) is 13.1. The summed E-state index contributed by atoms with van der Waals surface area (Å²) in [5.74, 6) is 0.0473. The zero-order chi connectivity index (χ0) is 60.3. The van der Waals surface area contributed by atoms with Crippen LogP contribution >= 0.6 is 0 Å². The molecule has 3 aliphatic rings. The first-order valence-electron chi connectivity index (χ1n) is 30.2. The van der Waals surface area contributed by atoms with E-state index < -0.39 is 27.7 Å². The Labute approximate surface area is 501 Å². The van der Waals surface area contributed by atoms with Gasteiger partial charge >= 0.3 is 0 Å². The number of ether oxygens (including phenoxy) is 2. The summed E-state index contributed by atoms with van der Waals surface area (Å²) in [5, 5.41) is 29.8. The van der Waals surface area contributed by atoms with Crippen LogP contribution in [0, 0.1) is 5.41 Å². The summed E-state index contributed by atoms with van der Waals surface area (Å²) in [6, 6.07) is 47.6. The van der Waals surface area contributed by atoms with Crippen molar-refractivity contribution in [3.63, 3.8) is 0 Å². The maximum atomic E-state index is 14.5. The van der Waals surface area contributed by atoms with E-state index in [-0.39, 0.29) is 23.7 Å². The molecule has 13 nitrogen and oxygen atoms in total. The van der Waals surface area contributed by atoms with Crippen molar-refractivity contribution in [2.75, 3.05) is 4.90 Å². The molecule has 2 aliphatic carbocycles. The molecule has 0 radical (unpaired) electrons. The SMILES string of the molecule is CC(C)(C)OC1Cc2ccccc2-c2c(nnn2C(C)(C)Cc2ccc3c(c2)-c2nnn(C(C)(C)C)c2-c2ccccc2N(C(=O)C(C)(C)C)C3)-c2ccc(CC(C)(C)OC3Cc4ccccc4-c4nnn(C(C)(C)C)c4-c4ccccc43)cc21. The van der Waals surface area contributed by atoms with E-state index in [2.05, 4.69) is 215 Å². The van der Waals surface area contributed by atoms with Crippen molar-refractivity contribution in [2.45, 2.75) is 183 Å². The van der Waals surface area contributed by atoms with E-state index >= 15 is 0 Å². The predicted molar refractivity (Wildman–Crippen MR) is 339 cm³/mol. The van der Waals surface area contributed by atoms with Gasteiger partial charge in [-0.15, -0.1) is 15.3 Å². The zero-order valence-electron chi connectivity index (χ0n) is 52.6. The van der Waals surface area contributed by atoms with Crippen LogP contribution in [-0.4, -0.2) is 62.1 Å². The number of hydrogen-bond donors (Lipinski definition) is 0. The first-order valence-corrected chi connectivity index (χ1v) is 30.2. The molecule has 0 fully saturated rings. The Morgan fingerprint density at radius 3 is 1.59 bits per heavy atom. The minimum atomic E-state index is -0.621. The minimum Gasteiger partial charge on any atom is -0.368 e. The summed E-state index contributed by atoms with van der Waals surface area (Å²) in [4.78, 5) is 16.5. The quantitative estimate of drug-likeness (QED) is 0.146. The van der Waals surface area contributed by atoms with E-state index in [4.69, 9.17) is 40.4 Å². The maximum Gasteiger partial charge on any atom is 0.232 e. The second-order valence-corrected chi connectivity index (χ2v) is 29.1. The predicted octanol–water partition coefficient (Wildman–Crippen LogP) is 15.9. The fraction of sp³-hybridized carbons (Fsp3) is 0.403. The Morgan fingerprint density at radius 2 is 0.953 bits per heavy atom. The van der Waals surface area contributed by atoms with E-state index in [9.17, 15) is 4.79 Å². The Balaban J connectivity index is 0.923. The molecular formula is C72H82N10O3. The van der Waals surface area contributed by atoms with Crippen LogP contribution in [0.2, 0.25) is 0 Å². The fourth-order valence-electron chi connectivity index (χ4n) is 13.1. The average molecular weight is 1140 g/mol. The molecule has 4 heterocycles. The molecule has 6 aromatic carbocycles. The lowest BCUT2D eigenvalue weighted by atomic mass is 9.84. The van der Waals surface area contributed by atoms with Crippen molar-refractivity contribution < 1.29 is 14.3 Å². The number of benzene rings is 6. The minimum absolute atomic E-state index is 0.0473. The van der Waals surface area contributed by atoms with Crippen LogP contribution in [0.1, 0.15) is 162 Å². The van der Waals surface area contributed by atoms with Crippen LogP contribution in [-0.2, 0) is 63.1 Å². The number of rotatable bonds is 8. The number of carbonyl (C=O) groups is 1. The highest BCUT2D eigenvalue weighted by atomic mass is 16.5. The van der Waals surface area contributed by atoms with E-state index in [1.807, 2.05) is 48.6 Å². The lowest BCUT2D eigenvalue weighted by Crippen LogP contribution is -2.40. The molecule has 2 atom stereocenters. The van der Waals surface area contributed by atoms with Gasteiger partial charge in [-0.05, 0) is 148 Å². The summed E-state index contributed by atoms with van der Waals surface area (Å²) in [7, 11) is 0. The topological polar surface area (TPSA) is 131 Å². The average Bonchev–Trinajstić information content (AvgIpc) is 3.42. The van der Waals surface area contributed by atoms with Gasteiger partial charge in [-0.25, -0.2) is 14.0 Å². The van der Waals surface area contributed by atoms with Crippen LogP contribution < -0.4 is 4.90 Å². The van der Waals surface area contributed by atoms with E-state index in [1.165, 1.54) is 5.56 Å². The second kappa shape index (κ2) is 20.7. The molecule has 0 saturated heterocycles. The lowest BCUT2D eigenvalue weighted by Gasteiger charge is -2.35. The Kier molecular flexibility index (Phi) is 14.0. The third kappa shape index (κ3) is 10.8. The van der Waals surface area contributed by atoms with Gasteiger partial charge in [0, 0.05) is 58.1 Å². The molecule has 0 bridgehead atoms. The van der Waals surface area contributed by atoms with E-state index in [0.29, 0.717) is 32.2 Å². The number of para-hydroxylation sites is 1. The van der Waals surface area contributed by atoms with Crippen molar-refractivity contribution in [1.82, 2.24) is 45.0 Å². The molecule has 438 valence electrons. The first-order chi connectivity index (χ1) is 40.0. The van der Waals surface area contributed by atoms with Gasteiger partial charge < -0.3 is 14.4 Å². The van der Waals surface area contributed by atoms with Gasteiger partial charge in [0.15, 0.2) is 0 Å². The molecule has 1 aliphatic heterocycles. The number of hydrogen-bond acceptors (Lipinski definition) is 9. The molecule has 3 aromatic heterocycles. The van der Waals surface area contributed by atoms with Crippen molar-refractivity contribution >= 4 is 11.6 Å². The normalized spacial score (nSPS) is 16.1. The van der Waals surface area contributed by atoms with Gasteiger partial charge in [0.25, 0.3) is 0 Å². The van der Waals surface area contributed by atoms with Crippen molar-refractivity contribution in [1.29, 1.82) is 0 Å². The van der Waals surface area contributed by atoms with Crippen LogP contribution in [0.4, 0.5) is 5.69 Å². The van der Waals surface area contributed by atoms with Gasteiger partial charge in [0.1, 0.15) is 17.1 Å². The van der Waals surface area contributed by atoms with Crippen LogP contribution in [0.5, 0.6) is 0 Å². The zero-order valence-corrected chi connectivity index (χ0v) is 52.6. The van der Waals surface area contributed by atoms with Crippen LogP contribution in [0.3, 0.4) is 0 Å². The smallest absolute Gasteiger partial charge is 0.232 e. The Morgan fingerprint density at radius 1 is 0.459 bits per heavy atom. The van der Waals surface area contributed by atoms with Crippen LogP contribution in [0.15, 0.2) is 133 Å². The van der Waals surface area contributed by atoms with E-state index in [0.717, 1.165) is 107 Å². The molecule has 9 aromatic rings. The maximum absolute atomic E-state index is 14.5. The van der Waals surface area contributed by atoms with Crippen molar-refractivity contribution in [3.8, 4) is 67.5 Å². The molecule has 0 N–H and O–H groups in total. The highest BCUT2D eigenvalue weighted by Gasteiger charge is 2.40. The molecule has 2 unspecified atom stereocenters. The van der Waals surface area contributed by atoms with E-state index in [1.54, 1.807) is 0 Å². The highest BCUT2D eigenvalue weighted by Crippen LogP contribution is 2.49. The van der Waals surface area contributed by atoms with Gasteiger partial charge in [-0.3, -0.25) is 4.79 Å². The highest BCUT2D eigenvalue weighted by molar-refractivity contribution is 6.02.